The molecule has 5 rings (SSSR count). The van der Waals surface area contributed by atoms with Crippen LogP contribution < -0.4 is 16.0 Å². The van der Waals surface area contributed by atoms with Crippen molar-refractivity contribution in [3.8, 4) is 0 Å². The van der Waals surface area contributed by atoms with Gasteiger partial charge in [-0.1, -0.05) is 12.1 Å². The topological polar surface area (TPSA) is 108 Å². The van der Waals surface area contributed by atoms with Crippen LogP contribution in [0.15, 0.2) is 36.4 Å². The fourth-order valence-corrected chi connectivity index (χ4v) is 4.45. The highest BCUT2D eigenvalue weighted by molar-refractivity contribution is 6.11. The third kappa shape index (κ3) is 2.92. The van der Waals surface area contributed by atoms with Crippen LogP contribution in [0.3, 0.4) is 0 Å². The molecule has 3 aliphatic rings. The first kappa shape index (κ1) is 18.4. The molecule has 0 aliphatic carbocycles. The average Bonchev–Trinajstić information content (AvgIpc) is 3.33. The first-order chi connectivity index (χ1) is 14.5. The highest BCUT2D eigenvalue weighted by Crippen LogP contribution is 2.32. The minimum absolute atomic E-state index is 0.165. The largest absolute Gasteiger partial charge is 0.384 e. The molecule has 3 heterocycles. The number of fused-ring (bicyclic) bond motifs is 2. The Bertz CT molecular complexity index is 1110. The molecule has 3 N–H and O–H groups in total. The van der Waals surface area contributed by atoms with E-state index in [4.69, 9.17) is 0 Å². The first-order valence-corrected chi connectivity index (χ1v) is 9.96. The van der Waals surface area contributed by atoms with Crippen LogP contribution >= 0.6 is 0 Å². The quantitative estimate of drug-likeness (QED) is 0.675. The lowest BCUT2D eigenvalue weighted by Gasteiger charge is -2.29. The Labute approximate surface area is 172 Å². The number of piperidine rings is 1. The molecule has 8 nitrogen and oxygen atoms in total. The van der Waals surface area contributed by atoms with Gasteiger partial charge in [0.2, 0.25) is 11.8 Å². The molecule has 30 heavy (non-hydrogen) atoms. The summed E-state index contributed by atoms with van der Waals surface area (Å²) in [6.07, 6.45) is 1.31. The van der Waals surface area contributed by atoms with Crippen molar-refractivity contribution < 1.29 is 19.2 Å². The monoisotopic (exact) mass is 404 g/mol. The second-order valence-corrected chi connectivity index (χ2v) is 7.69. The molecule has 0 radical (unpaired) electrons. The molecular weight excluding hydrogens is 384 g/mol. The minimum Gasteiger partial charge on any atom is -0.384 e. The van der Waals surface area contributed by atoms with Crippen LogP contribution in [0.5, 0.6) is 0 Å². The highest BCUT2D eigenvalue weighted by atomic mass is 16.2. The van der Waals surface area contributed by atoms with Gasteiger partial charge in [0, 0.05) is 47.6 Å². The molecule has 0 spiro atoms. The second-order valence-electron chi connectivity index (χ2n) is 7.69. The number of benzene rings is 2. The van der Waals surface area contributed by atoms with E-state index >= 15 is 0 Å². The third-order valence-corrected chi connectivity index (χ3v) is 5.94. The van der Waals surface area contributed by atoms with E-state index in [1.807, 2.05) is 18.2 Å². The summed E-state index contributed by atoms with van der Waals surface area (Å²) in [7, 11) is 0. The van der Waals surface area contributed by atoms with Gasteiger partial charge in [0.05, 0.1) is 0 Å². The molecular formula is C22H20N4O4. The molecule has 2 aromatic rings. The molecule has 1 fully saturated rings. The van der Waals surface area contributed by atoms with Crippen LogP contribution in [0.1, 0.15) is 44.7 Å². The molecule has 4 amide bonds. The average molecular weight is 404 g/mol. The Morgan fingerprint density at radius 2 is 1.87 bits per heavy atom. The molecule has 1 atom stereocenters. The van der Waals surface area contributed by atoms with Crippen molar-refractivity contribution in [1.82, 2.24) is 10.2 Å². The Balaban J connectivity index is 1.42. The predicted molar refractivity (Wildman–Crippen MR) is 109 cm³/mol. The Morgan fingerprint density at radius 3 is 2.70 bits per heavy atom. The number of carbonyl (C=O) groups excluding carboxylic acids is 4. The Kier molecular flexibility index (Phi) is 4.27. The van der Waals surface area contributed by atoms with Crippen molar-refractivity contribution in [3.05, 3.63) is 58.7 Å². The highest BCUT2D eigenvalue weighted by Gasteiger charge is 2.40. The van der Waals surface area contributed by atoms with Crippen molar-refractivity contribution in [2.24, 2.45) is 0 Å². The molecule has 0 saturated carbocycles. The summed E-state index contributed by atoms with van der Waals surface area (Å²) in [4.78, 5) is 51.2. The maximum Gasteiger partial charge on any atom is 0.256 e. The van der Waals surface area contributed by atoms with Crippen molar-refractivity contribution in [2.45, 2.75) is 31.8 Å². The summed E-state index contributed by atoms with van der Waals surface area (Å²) in [5.41, 5.74) is 4.29. The van der Waals surface area contributed by atoms with E-state index in [1.165, 1.54) is 4.90 Å². The lowest BCUT2D eigenvalue weighted by molar-refractivity contribution is -0.136. The number of amides is 4. The number of nitrogens with one attached hydrogen (secondary N) is 3. The SMILES string of the molecule is O=C1CCC(N2Cc3c(C(=O)Nc4cccc5c4CCN5)cccc3C2=O)C(=O)N1. The van der Waals surface area contributed by atoms with Crippen LogP contribution in [0, 0.1) is 0 Å². The molecule has 3 aliphatic heterocycles. The number of imide groups is 1. The summed E-state index contributed by atoms with van der Waals surface area (Å²) in [5, 5.41) is 8.56. The van der Waals surface area contributed by atoms with Gasteiger partial charge in [0.1, 0.15) is 6.04 Å². The molecule has 152 valence electrons. The first-order valence-electron chi connectivity index (χ1n) is 9.96. The van der Waals surface area contributed by atoms with Crippen molar-refractivity contribution >= 4 is 35.0 Å². The van der Waals surface area contributed by atoms with Crippen molar-refractivity contribution in [3.63, 3.8) is 0 Å². The number of hydrogen-bond acceptors (Lipinski definition) is 5. The maximum absolute atomic E-state index is 13.1. The number of anilines is 2. The summed E-state index contributed by atoms with van der Waals surface area (Å²) in [5.74, 6) is -1.37. The standard InChI is InChI=1S/C22H20N4O4/c27-19-8-7-18(21(29)25-19)26-11-15-12(3-1-4-13(15)22(26)30)20(28)24-17-6-2-5-16-14(17)9-10-23-16/h1-6,18,23H,7-11H2,(H,24,28)(H,25,27,29). The van der Waals surface area contributed by atoms with E-state index in [9.17, 15) is 19.2 Å². The van der Waals surface area contributed by atoms with Gasteiger partial charge < -0.3 is 15.5 Å². The van der Waals surface area contributed by atoms with Gasteiger partial charge in [0.15, 0.2) is 0 Å². The number of rotatable bonds is 3. The van der Waals surface area contributed by atoms with Gasteiger partial charge in [-0.2, -0.15) is 0 Å². The number of nitrogens with zero attached hydrogens (tertiary/aromatic N) is 1. The lowest BCUT2D eigenvalue weighted by Crippen LogP contribution is -2.52. The van der Waals surface area contributed by atoms with Gasteiger partial charge in [0.25, 0.3) is 11.8 Å². The fraction of sp³-hybridized carbons (Fsp3) is 0.273. The summed E-state index contributed by atoms with van der Waals surface area (Å²) < 4.78 is 0. The molecule has 0 bridgehead atoms. The van der Waals surface area contributed by atoms with Gasteiger partial charge in [-0.15, -0.1) is 0 Å². The van der Waals surface area contributed by atoms with Gasteiger partial charge in [-0.25, -0.2) is 0 Å². The molecule has 2 aromatic carbocycles. The Hall–Kier alpha value is -3.68. The number of hydrogen-bond donors (Lipinski definition) is 3. The van der Waals surface area contributed by atoms with Gasteiger partial charge in [-0.3, -0.25) is 24.5 Å². The minimum atomic E-state index is -0.707. The van der Waals surface area contributed by atoms with Crippen molar-refractivity contribution in [1.29, 1.82) is 0 Å². The molecule has 8 heteroatoms. The Morgan fingerprint density at radius 1 is 1.03 bits per heavy atom. The smallest absolute Gasteiger partial charge is 0.256 e. The van der Waals surface area contributed by atoms with E-state index in [0.29, 0.717) is 16.7 Å². The lowest BCUT2D eigenvalue weighted by atomic mass is 10.0. The predicted octanol–water partition coefficient (Wildman–Crippen LogP) is 1.67. The maximum atomic E-state index is 13.1. The van der Waals surface area contributed by atoms with Gasteiger partial charge in [-0.05, 0) is 42.7 Å². The number of carbonyl (C=O) groups is 4. The summed E-state index contributed by atoms with van der Waals surface area (Å²) >= 11 is 0. The van der Waals surface area contributed by atoms with E-state index in [0.717, 1.165) is 29.9 Å². The molecule has 0 aromatic heterocycles. The second kappa shape index (κ2) is 6.98. The van der Waals surface area contributed by atoms with Crippen LogP contribution in [-0.2, 0) is 22.6 Å². The van der Waals surface area contributed by atoms with E-state index < -0.39 is 11.9 Å². The zero-order chi connectivity index (χ0) is 20.8. The van der Waals surface area contributed by atoms with Crippen molar-refractivity contribution in [2.75, 3.05) is 17.2 Å². The zero-order valence-corrected chi connectivity index (χ0v) is 16.2. The molecule has 1 saturated heterocycles. The zero-order valence-electron chi connectivity index (χ0n) is 16.2. The fourth-order valence-electron chi connectivity index (χ4n) is 4.45. The van der Waals surface area contributed by atoms with E-state index in [2.05, 4.69) is 16.0 Å². The van der Waals surface area contributed by atoms with E-state index in [1.54, 1.807) is 18.2 Å². The van der Waals surface area contributed by atoms with Crippen LogP contribution in [-0.4, -0.2) is 41.1 Å². The van der Waals surface area contributed by atoms with Gasteiger partial charge >= 0.3 is 0 Å². The van der Waals surface area contributed by atoms with E-state index in [-0.39, 0.29) is 37.1 Å². The molecule has 1 unspecified atom stereocenters. The third-order valence-electron chi connectivity index (χ3n) is 5.94. The van der Waals surface area contributed by atoms with Crippen LogP contribution in [0.4, 0.5) is 11.4 Å². The normalized spacial score (nSPS) is 19.8. The summed E-state index contributed by atoms with van der Waals surface area (Å²) in [6, 6.07) is 10.1. The van der Waals surface area contributed by atoms with Crippen LogP contribution in [0.2, 0.25) is 0 Å². The summed E-state index contributed by atoms with van der Waals surface area (Å²) in [6.45, 7) is 0.997. The van der Waals surface area contributed by atoms with Crippen LogP contribution in [0.25, 0.3) is 0 Å².